The van der Waals surface area contributed by atoms with E-state index in [-0.39, 0.29) is 24.1 Å². The zero-order chi connectivity index (χ0) is 37.4. The highest BCUT2D eigenvalue weighted by atomic mass is 15.4. The van der Waals surface area contributed by atoms with Crippen LogP contribution in [0.5, 0.6) is 0 Å². The van der Waals surface area contributed by atoms with Gasteiger partial charge in [-0.3, -0.25) is 0 Å². The zero-order valence-corrected chi connectivity index (χ0v) is 32.1. The van der Waals surface area contributed by atoms with Crippen molar-refractivity contribution in [3.05, 3.63) is 180 Å². The van der Waals surface area contributed by atoms with Crippen LogP contribution in [0.2, 0.25) is 0 Å². The minimum Gasteiger partial charge on any atom is -0.321 e. The Kier molecular flexibility index (Phi) is 6.43. The van der Waals surface area contributed by atoms with Gasteiger partial charge in [-0.1, -0.05) is 118 Å². The van der Waals surface area contributed by atoms with Crippen LogP contribution in [0, 0.1) is 6.92 Å². The molecule has 0 aliphatic carbocycles. The van der Waals surface area contributed by atoms with Crippen LogP contribution in [-0.4, -0.2) is 17.4 Å². The number of para-hydroxylation sites is 4. The Hall–Kier alpha value is -6.46. The maximum atomic E-state index is 2.69. The van der Waals surface area contributed by atoms with Crippen molar-refractivity contribution in [1.82, 2.24) is 4.57 Å². The van der Waals surface area contributed by atoms with Crippen molar-refractivity contribution in [2.45, 2.75) is 45.1 Å². The van der Waals surface area contributed by atoms with Crippen LogP contribution >= 0.6 is 0 Å². The summed E-state index contributed by atoms with van der Waals surface area (Å²) in [5, 5.41) is 1.33. The summed E-state index contributed by atoms with van der Waals surface area (Å²) in [4.78, 5) is 7.95. The molecule has 8 aromatic rings. The van der Waals surface area contributed by atoms with Crippen LogP contribution in [0.1, 0.15) is 43.3 Å². The van der Waals surface area contributed by atoms with Crippen molar-refractivity contribution < 1.29 is 0 Å². The fourth-order valence-corrected chi connectivity index (χ4v) is 10.7. The number of fused-ring (bicyclic) bond motifs is 9. The molecule has 56 heavy (non-hydrogen) atoms. The standard InChI is InChI=1S/C51H41BN4/c1-32-30-43-47-44(31-32)56-40-23-13-11-20-37(40)38-22-15-25-42-45(38)48(56)49(53(42)34-16-7-5-8-17-34)52(47)46-39-21-12-14-24-41(39)54(35-18-9-6-10-19-35)50(46)55(43)36-28-26-33(27-29-36)51(2,3)4/h5-31,46,50H,1-4H3. The molecular formula is C51H41BN4. The summed E-state index contributed by atoms with van der Waals surface area (Å²) in [5.74, 6) is 0.105. The molecule has 0 amide bonds. The third kappa shape index (κ3) is 4.15. The van der Waals surface area contributed by atoms with Gasteiger partial charge in [0.05, 0.1) is 16.9 Å². The molecule has 1 aromatic heterocycles. The first-order valence-corrected chi connectivity index (χ1v) is 20.0. The van der Waals surface area contributed by atoms with Crippen molar-refractivity contribution in [3.8, 4) is 16.8 Å². The number of aryl methyl sites for hydroxylation is 1. The molecule has 0 saturated heterocycles. The van der Waals surface area contributed by atoms with Gasteiger partial charge < -0.3 is 19.3 Å². The van der Waals surface area contributed by atoms with Crippen LogP contribution in [0.25, 0.3) is 27.7 Å². The molecule has 5 heterocycles. The highest BCUT2D eigenvalue weighted by molar-refractivity contribution is 6.91. The van der Waals surface area contributed by atoms with Gasteiger partial charge in [-0.15, -0.1) is 0 Å². The molecule has 2 atom stereocenters. The van der Waals surface area contributed by atoms with Gasteiger partial charge in [0, 0.05) is 56.5 Å². The lowest BCUT2D eigenvalue weighted by atomic mass is 9.30. The Bertz CT molecular complexity index is 2890. The zero-order valence-electron chi connectivity index (χ0n) is 32.1. The summed E-state index contributed by atoms with van der Waals surface area (Å²) >= 11 is 0. The van der Waals surface area contributed by atoms with Crippen molar-refractivity contribution in [1.29, 1.82) is 0 Å². The smallest absolute Gasteiger partial charge is 0.250 e. The molecular weight excluding hydrogens is 679 g/mol. The van der Waals surface area contributed by atoms with E-state index < -0.39 is 0 Å². The van der Waals surface area contributed by atoms with E-state index in [0.29, 0.717) is 0 Å². The van der Waals surface area contributed by atoms with Crippen molar-refractivity contribution >= 4 is 68.5 Å². The number of hydrogen-bond donors (Lipinski definition) is 0. The summed E-state index contributed by atoms with van der Waals surface area (Å²) < 4.78 is 2.61. The van der Waals surface area contributed by atoms with E-state index in [2.05, 4.69) is 211 Å². The van der Waals surface area contributed by atoms with Crippen LogP contribution in [-0.2, 0) is 5.41 Å². The SMILES string of the molecule is Cc1cc2c3c(c1)N(c1ccc(C(C)(C)C)cc1)C1C(B3c3c4c5c(cccc5n3-c3ccccc3)-c3ccccc3N24)c2ccccc2N1c1ccccc1. The summed E-state index contributed by atoms with van der Waals surface area (Å²) in [6, 6.07) is 61.7. The Morgan fingerprint density at radius 1 is 0.536 bits per heavy atom. The highest BCUT2D eigenvalue weighted by Crippen LogP contribution is 2.59. The van der Waals surface area contributed by atoms with Crippen molar-refractivity contribution in [2.75, 3.05) is 14.7 Å². The van der Waals surface area contributed by atoms with Crippen LogP contribution in [0.15, 0.2) is 164 Å². The lowest BCUT2D eigenvalue weighted by Gasteiger charge is -2.51. The summed E-state index contributed by atoms with van der Waals surface area (Å²) in [6.07, 6.45) is -0.0289. The second-order valence-electron chi connectivity index (χ2n) is 17.0. The third-order valence-corrected chi connectivity index (χ3v) is 12.9. The normalized spacial score (nSPS) is 17.1. The molecule has 0 N–H and O–H groups in total. The molecule has 0 radical (unpaired) electrons. The van der Waals surface area contributed by atoms with Gasteiger partial charge in [0.25, 0.3) is 6.71 Å². The van der Waals surface area contributed by atoms with E-state index in [1.165, 1.54) is 95.3 Å². The molecule has 12 rings (SSSR count). The largest absolute Gasteiger partial charge is 0.321 e. The molecule has 0 saturated carbocycles. The van der Waals surface area contributed by atoms with Gasteiger partial charge in [-0.05, 0) is 107 Å². The van der Waals surface area contributed by atoms with Gasteiger partial charge in [0.15, 0.2) is 0 Å². The second-order valence-corrected chi connectivity index (χ2v) is 17.0. The van der Waals surface area contributed by atoms with Gasteiger partial charge in [0.2, 0.25) is 0 Å². The lowest BCUT2D eigenvalue weighted by Crippen LogP contribution is -2.65. The van der Waals surface area contributed by atoms with E-state index in [1.807, 2.05) is 0 Å². The molecule has 0 spiro atoms. The molecule has 4 aliphatic heterocycles. The summed E-state index contributed by atoms with van der Waals surface area (Å²) in [6.45, 7) is 9.24. The van der Waals surface area contributed by atoms with Crippen LogP contribution in [0.3, 0.4) is 0 Å². The Labute approximate surface area is 329 Å². The Morgan fingerprint density at radius 2 is 1.14 bits per heavy atom. The van der Waals surface area contributed by atoms with E-state index in [1.54, 1.807) is 0 Å². The Morgan fingerprint density at radius 3 is 1.89 bits per heavy atom. The first-order chi connectivity index (χ1) is 27.4. The molecule has 0 fully saturated rings. The van der Waals surface area contributed by atoms with E-state index >= 15 is 0 Å². The minimum atomic E-state index is -0.0289. The molecule has 0 bridgehead atoms. The first kappa shape index (κ1) is 31.9. The second kappa shape index (κ2) is 11.3. The molecule has 4 aliphatic rings. The first-order valence-electron chi connectivity index (χ1n) is 20.0. The predicted octanol–water partition coefficient (Wildman–Crippen LogP) is 11.6. The molecule has 4 nitrogen and oxygen atoms in total. The van der Waals surface area contributed by atoms with E-state index in [4.69, 9.17) is 0 Å². The van der Waals surface area contributed by atoms with Crippen molar-refractivity contribution in [3.63, 3.8) is 0 Å². The number of anilines is 7. The van der Waals surface area contributed by atoms with Gasteiger partial charge in [-0.2, -0.15) is 0 Å². The monoisotopic (exact) mass is 720 g/mol. The van der Waals surface area contributed by atoms with Gasteiger partial charge >= 0.3 is 0 Å². The van der Waals surface area contributed by atoms with Crippen LogP contribution < -0.4 is 25.8 Å². The number of aromatic nitrogens is 1. The third-order valence-electron chi connectivity index (χ3n) is 12.9. The average Bonchev–Trinajstić information content (AvgIpc) is 3.75. The van der Waals surface area contributed by atoms with Crippen molar-refractivity contribution in [2.24, 2.45) is 0 Å². The number of hydrogen-bond acceptors (Lipinski definition) is 3. The lowest BCUT2D eigenvalue weighted by molar-refractivity contribution is 0.590. The number of benzene rings is 7. The number of rotatable bonds is 3. The predicted molar refractivity (Wildman–Crippen MR) is 236 cm³/mol. The van der Waals surface area contributed by atoms with Crippen LogP contribution in [0.4, 0.5) is 39.8 Å². The van der Waals surface area contributed by atoms with E-state index in [9.17, 15) is 0 Å². The summed E-state index contributed by atoms with van der Waals surface area (Å²) in [7, 11) is 0. The maximum absolute atomic E-state index is 2.69. The minimum absolute atomic E-state index is 0.0289. The van der Waals surface area contributed by atoms with Gasteiger partial charge in [0.1, 0.15) is 6.17 Å². The van der Waals surface area contributed by atoms with Gasteiger partial charge in [-0.25, -0.2) is 0 Å². The van der Waals surface area contributed by atoms with E-state index in [0.717, 1.165) is 0 Å². The average molecular weight is 721 g/mol. The topological polar surface area (TPSA) is 14.7 Å². The molecule has 5 heteroatoms. The fraction of sp³-hybridized carbons (Fsp3) is 0.137. The molecule has 268 valence electrons. The fourth-order valence-electron chi connectivity index (χ4n) is 10.7. The summed E-state index contributed by atoms with van der Waals surface area (Å²) in [5.41, 5.74) is 20.7. The molecule has 7 aromatic carbocycles. The molecule has 2 unspecified atom stereocenters. The Balaban J connectivity index is 1.25. The maximum Gasteiger partial charge on any atom is 0.250 e. The quantitative estimate of drug-likeness (QED) is 0.169. The highest BCUT2D eigenvalue weighted by Gasteiger charge is 2.58. The number of nitrogens with zero attached hydrogens (tertiary/aromatic N) is 4.